The Hall–Kier alpha value is -0.830. The minimum atomic E-state index is -0.977. The number of ether oxygens (including phenoxy) is 1. The molecule has 11 heavy (non-hydrogen) atoms. The lowest BCUT2D eigenvalue weighted by molar-refractivity contribution is -0.129. The molecule has 0 saturated heterocycles. The van der Waals surface area contributed by atoms with E-state index >= 15 is 0 Å². The van der Waals surface area contributed by atoms with Gasteiger partial charge in [0, 0.05) is 5.57 Å². The summed E-state index contributed by atoms with van der Waals surface area (Å²) in [5, 5.41) is -0.977. The van der Waals surface area contributed by atoms with Crippen molar-refractivity contribution in [2.75, 3.05) is 7.11 Å². The minimum Gasteiger partial charge on any atom is -0.504 e. The average molecular weight is 177 g/mol. The molecule has 0 saturated carbocycles. The Balaban J connectivity index is 4.39. The largest absolute Gasteiger partial charge is 0.504 e. The zero-order valence-corrected chi connectivity index (χ0v) is 7.14. The molecular formula is C7H9ClO3. The number of allylic oxidation sites excluding steroid dienone is 1. The first-order valence-corrected chi connectivity index (χ1v) is 3.47. The van der Waals surface area contributed by atoms with Gasteiger partial charge in [0.1, 0.15) is 0 Å². The predicted octanol–water partition coefficient (Wildman–Crippen LogP) is 1.26. The van der Waals surface area contributed by atoms with Crippen molar-refractivity contribution in [1.82, 2.24) is 0 Å². The summed E-state index contributed by atoms with van der Waals surface area (Å²) in [5.41, 5.74) is 0.285. The Kier molecular flexibility index (Phi) is 4.54. The lowest BCUT2D eigenvalue weighted by Gasteiger charge is -1.97. The van der Waals surface area contributed by atoms with E-state index in [0.29, 0.717) is 6.42 Å². The molecule has 0 radical (unpaired) electrons. The van der Waals surface area contributed by atoms with E-state index in [0.717, 1.165) is 0 Å². The van der Waals surface area contributed by atoms with Crippen molar-refractivity contribution in [2.24, 2.45) is 0 Å². The van der Waals surface area contributed by atoms with Crippen LogP contribution in [-0.2, 0) is 14.3 Å². The topological polar surface area (TPSA) is 43.4 Å². The first-order valence-electron chi connectivity index (χ1n) is 3.09. The highest BCUT2D eigenvalue weighted by atomic mass is 35.5. The Morgan fingerprint density at radius 1 is 1.55 bits per heavy atom. The zero-order valence-electron chi connectivity index (χ0n) is 6.39. The van der Waals surface area contributed by atoms with Crippen LogP contribution in [0.25, 0.3) is 0 Å². The molecule has 0 aliphatic heterocycles. The third kappa shape index (κ3) is 3.18. The summed E-state index contributed by atoms with van der Waals surface area (Å²) in [5.74, 6) is -0.698. The fraction of sp³-hybridized carbons (Fsp3) is 0.429. The molecule has 3 nitrogen and oxygen atoms in total. The number of carbonyl (C=O) groups is 2. The van der Waals surface area contributed by atoms with Crippen molar-refractivity contribution in [1.29, 1.82) is 0 Å². The van der Waals surface area contributed by atoms with Crippen LogP contribution in [0, 0.1) is 0 Å². The van der Waals surface area contributed by atoms with E-state index in [4.69, 9.17) is 11.6 Å². The summed E-state index contributed by atoms with van der Waals surface area (Å²) in [4.78, 5) is 21.2. The van der Waals surface area contributed by atoms with Gasteiger partial charge in [0.25, 0.3) is 5.24 Å². The number of hydrogen-bond acceptors (Lipinski definition) is 3. The normalized spacial score (nSPS) is 11.0. The molecule has 0 atom stereocenters. The second-order valence-electron chi connectivity index (χ2n) is 1.84. The number of hydrogen-bond donors (Lipinski definition) is 0. The van der Waals surface area contributed by atoms with E-state index in [-0.39, 0.29) is 5.57 Å². The third-order valence-corrected chi connectivity index (χ3v) is 1.28. The van der Waals surface area contributed by atoms with Gasteiger partial charge in [-0.1, -0.05) is 6.92 Å². The zero-order chi connectivity index (χ0) is 8.85. The maximum atomic E-state index is 10.8. The van der Waals surface area contributed by atoms with Crippen LogP contribution in [-0.4, -0.2) is 18.1 Å². The van der Waals surface area contributed by atoms with Crippen molar-refractivity contribution in [3.63, 3.8) is 0 Å². The molecule has 0 aromatic carbocycles. The fourth-order valence-corrected chi connectivity index (χ4v) is 0.687. The van der Waals surface area contributed by atoms with E-state index < -0.39 is 11.0 Å². The van der Waals surface area contributed by atoms with E-state index in [1.165, 1.54) is 13.4 Å². The first kappa shape index (κ1) is 10.2. The van der Waals surface area contributed by atoms with Crippen LogP contribution in [0.15, 0.2) is 11.8 Å². The Bertz CT molecular complexity index is 196. The molecule has 0 aliphatic carbocycles. The molecule has 4 heteroatoms. The molecule has 0 unspecified atom stereocenters. The Morgan fingerprint density at radius 2 is 2.09 bits per heavy atom. The summed E-state index contributed by atoms with van der Waals surface area (Å²) in [6, 6.07) is 0. The van der Waals surface area contributed by atoms with Crippen LogP contribution in [0.4, 0.5) is 0 Å². The second kappa shape index (κ2) is 4.91. The van der Waals surface area contributed by atoms with Gasteiger partial charge < -0.3 is 4.74 Å². The van der Waals surface area contributed by atoms with E-state index in [1.54, 1.807) is 6.92 Å². The monoisotopic (exact) mass is 176 g/mol. The van der Waals surface area contributed by atoms with Crippen LogP contribution in [0.1, 0.15) is 13.3 Å². The number of carbonyl (C=O) groups excluding carboxylic acids is 2. The van der Waals surface area contributed by atoms with Gasteiger partial charge in [-0.3, -0.25) is 9.59 Å². The molecule has 0 rings (SSSR count). The van der Waals surface area contributed by atoms with E-state index in [9.17, 15) is 9.59 Å². The van der Waals surface area contributed by atoms with Gasteiger partial charge in [0.2, 0.25) is 5.78 Å². The molecule has 0 bridgehead atoms. The molecule has 0 spiro atoms. The van der Waals surface area contributed by atoms with Gasteiger partial charge >= 0.3 is 0 Å². The number of methoxy groups -OCH3 is 1. The van der Waals surface area contributed by atoms with Gasteiger partial charge in [-0.05, 0) is 18.0 Å². The summed E-state index contributed by atoms with van der Waals surface area (Å²) in [7, 11) is 1.40. The molecule has 0 N–H and O–H groups in total. The molecule has 0 amide bonds. The number of ketones is 1. The Morgan fingerprint density at radius 3 is 2.36 bits per heavy atom. The van der Waals surface area contributed by atoms with Gasteiger partial charge in [0.05, 0.1) is 13.4 Å². The maximum Gasteiger partial charge on any atom is 0.292 e. The number of halogens is 1. The van der Waals surface area contributed by atoms with Crippen molar-refractivity contribution in [3.05, 3.63) is 11.8 Å². The first-order chi connectivity index (χ1) is 5.13. The smallest absolute Gasteiger partial charge is 0.292 e. The van der Waals surface area contributed by atoms with Crippen LogP contribution < -0.4 is 0 Å². The summed E-state index contributed by atoms with van der Waals surface area (Å²) >= 11 is 4.95. The molecular weight excluding hydrogens is 168 g/mol. The summed E-state index contributed by atoms with van der Waals surface area (Å²) < 4.78 is 4.57. The average Bonchev–Trinajstić information content (AvgIpc) is 1.98. The quantitative estimate of drug-likeness (QED) is 0.280. The highest BCUT2D eigenvalue weighted by molar-refractivity contribution is 6.83. The molecule has 0 aromatic heterocycles. The van der Waals surface area contributed by atoms with Crippen molar-refractivity contribution in [3.8, 4) is 0 Å². The minimum absolute atomic E-state index is 0.285. The predicted molar refractivity (Wildman–Crippen MR) is 41.3 cm³/mol. The molecule has 0 heterocycles. The fourth-order valence-electron chi connectivity index (χ4n) is 0.566. The van der Waals surface area contributed by atoms with Crippen LogP contribution in [0.5, 0.6) is 0 Å². The van der Waals surface area contributed by atoms with Crippen LogP contribution >= 0.6 is 11.6 Å². The molecule has 0 aromatic rings. The van der Waals surface area contributed by atoms with Crippen LogP contribution in [0.3, 0.4) is 0 Å². The second-order valence-corrected chi connectivity index (χ2v) is 2.18. The maximum absolute atomic E-state index is 10.8. The standard InChI is InChI=1S/C7H9ClO3/c1-3-5(4-11-2)6(9)7(8)10/h4H,3H2,1-2H3/b5-4+. The van der Waals surface area contributed by atoms with Gasteiger partial charge in [-0.25, -0.2) is 0 Å². The lowest BCUT2D eigenvalue weighted by Crippen LogP contribution is -2.09. The van der Waals surface area contributed by atoms with E-state index in [2.05, 4.69) is 4.74 Å². The summed E-state index contributed by atoms with van der Waals surface area (Å²) in [6.07, 6.45) is 1.66. The van der Waals surface area contributed by atoms with Crippen LogP contribution in [0.2, 0.25) is 0 Å². The van der Waals surface area contributed by atoms with E-state index in [1.807, 2.05) is 0 Å². The van der Waals surface area contributed by atoms with Gasteiger partial charge in [0.15, 0.2) is 0 Å². The highest BCUT2D eigenvalue weighted by Gasteiger charge is 2.14. The molecule has 0 fully saturated rings. The van der Waals surface area contributed by atoms with Gasteiger partial charge in [-0.15, -0.1) is 0 Å². The summed E-state index contributed by atoms with van der Waals surface area (Å²) in [6.45, 7) is 1.74. The van der Waals surface area contributed by atoms with Crippen molar-refractivity contribution < 1.29 is 14.3 Å². The van der Waals surface area contributed by atoms with Gasteiger partial charge in [-0.2, -0.15) is 0 Å². The lowest BCUT2D eigenvalue weighted by atomic mass is 10.1. The SMILES string of the molecule is CC/C(=C\OC)C(=O)C(=O)Cl. The highest BCUT2D eigenvalue weighted by Crippen LogP contribution is 2.04. The van der Waals surface area contributed by atoms with Crippen molar-refractivity contribution >= 4 is 22.6 Å². The number of Topliss-reactive ketones (excluding diaryl/α,β-unsaturated/α-hetero) is 1. The Labute approximate surface area is 70.0 Å². The van der Waals surface area contributed by atoms with Crippen molar-refractivity contribution in [2.45, 2.75) is 13.3 Å². The third-order valence-electron chi connectivity index (χ3n) is 1.11. The number of rotatable bonds is 4. The molecule has 0 aliphatic rings. The molecule has 62 valence electrons.